The number of aryl methyl sites for hydroxylation is 1. The minimum absolute atomic E-state index is 0.0765. The summed E-state index contributed by atoms with van der Waals surface area (Å²) in [7, 11) is 0. The molecule has 1 aromatic heterocycles. The number of nitrogens with zero attached hydrogens (tertiary/aromatic N) is 3. The Hall–Kier alpha value is -1.37. The average Bonchev–Trinajstić information content (AvgIpc) is 3.02. The van der Waals surface area contributed by atoms with Gasteiger partial charge in [-0.1, -0.05) is 18.2 Å². The third-order valence-corrected chi connectivity index (χ3v) is 5.68. The van der Waals surface area contributed by atoms with Gasteiger partial charge in [0.1, 0.15) is 5.69 Å². The highest BCUT2D eigenvalue weighted by atomic mass is 32.2. The number of thiazole rings is 1. The molecule has 0 unspecified atom stereocenters. The molecule has 0 spiro atoms. The van der Waals surface area contributed by atoms with Crippen molar-refractivity contribution in [1.29, 1.82) is 0 Å². The van der Waals surface area contributed by atoms with E-state index in [0.717, 1.165) is 43.5 Å². The minimum Gasteiger partial charge on any atom is -0.335 e. The number of thioether (sulfide) groups is 1. The summed E-state index contributed by atoms with van der Waals surface area (Å²) in [6.45, 7) is 6.49. The zero-order valence-corrected chi connectivity index (χ0v) is 14.9. The van der Waals surface area contributed by atoms with Crippen molar-refractivity contribution in [3.8, 4) is 0 Å². The fraction of sp³-hybridized carbons (Fsp3) is 0.412. The Morgan fingerprint density at radius 3 is 2.61 bits per heavy atom. The van der Waals surface area contributed by atoms with Crippen LogP contribution < -0.4 is 0 Å². The van der Waals surface area contributed by atoms with Crippen LogP contribution in [0.1, 0.15) is 15.5 Å². The monoisotopic (exact) mass is 347 g/mol. The van der Waals surface area contributed by atoms with Crippen LogP contribution in [0.2, 0.25) is 0 Å². The van der Waals surface area contributed by atoms with Crippen molar-refractivity contribution in [1.82, 2.24) is 14.8 Å². The van der Waals surface area contributed by atoms with Crippen molar-refractivity contribution < 1.29 is 4.79 Å². The Morgan fingerprint density at radius 2 is 1.96 bits per heavy atom. The molecular formula is C17H21N3OS2. The average molecular weight is 348 g/mol. The van der Waals surface area contributed by atoms with E-state index in [0.29, 0.717) is 5.69 Å². The maximum Gasteiger partial charge on any atom is 0.273 e. The zero-order valence-electron chi connectivity index (χ0n) is 13.3. The van der Waals surface area contributed by atoms with Gasteiger partial charge in [-0.25, -0.2) is 4.98 Å². The standard InChI is InChI=1S/C17H21N3OS2/c1-14-18-16(13-23-14)17(21)20-9-7-19(8-10-20)11-12-22-15-5-3-2-4-6-15/h2-6,13H,7-12H2,1H3. The van der Waals surface area contributed by atoms with Crippen LogP contribution in [0.25, 0.3) is 0 Å². The number of amides is 1. The molecule has 0 bridgehead atoms. The van der Waals surface area contributed by atoms with E-state index in [-0.39, 0.29) is 5.91 Å². The molecule has 0 aliphatic carbocycles. The number of hydrogen-bond donors (Lipinski definition) is 0. The molecule has 0 radical (unpaired) electrons. The third kappa shape index (κ3) is 4.56. The number of rotatable bonds is 5. The maximum atomic E-state index is 12.4. The molecule has 1 aliphatic rings. The van der Waals surface area contributed by atoms with Gasteiger partial charge in [-0.15, -0.1) is 23.1 Å². The van der Waals surface area contributed by atoms with Crippen molar-refractivity contribution in [3.63, 3.8) is 0 Å². The highest BCUT2D eigenvalue weighted by molar-refractivity contribution is 7.99. The van der Waals surface area contributed by atoms with Crippen LogP contribution in [-0.2, 0) is 0 Å². The molecule has 2 aromatic rings. The number of carbonyl (C=O) groups excluding carboxylic acids is 1. The Bertz CT molecular complexity index is 636. The SMILES string of the molecule is Cc1nc(C(=O)N2CCN(CCSc3ccccc3)CC2)cs1. The van der Waals surface area contributed by atoms with Gasteiger partial charge in [-0.2, -0.15) is 0 Å². The second-order valence-corrected chi connectivity index (χ2v) is 7.78. The van der Waals surface area contributed by atoms with Crippen molar-refractivity contribution in [2.75, 3.05) is 38.5 Å². The third-order valence-electron chi connectivity index (χ3n) is 3.92. The quantitative estimate of drug-likeness (QED) is 0.779. The van der Waals surface area contributed by atoms with Gasteiger partial charge in [0.15, 0.2) is 0 Å². The summed E-state index contributed by atoms with van der Waals surface area (Å²) in [6.07, 6.45) is 0. The van der Waals surface area contributed by atoms with Crippen LogP contribution in [0.4, 0.5) is 0 Å². The summed E-state index contributed by atoms with van der Waals surface area (Å²) in [5.41, 5.74) is 0.598. The summed E-state index contributed by atoms with van der Waals surface area (Å²) in [6, 6.07) is 10.5. The number of piperazine rings is 1. The van der Waals surface area contributed by atoms with E-state index < -0.39 is 0 Å². The molecular weight excluding hydrogens is 326 g/mol. The van der Waals surface area contributed by atoms with E-state index >= 15 is 0 Å². The Balaban J connectivity index is 1.41. The molecule has 4 nitrogen and oxygen atoms in total. The van der Waals surface area contributed by atoms with E-state index in [1.165, 1.54) is 16.2 Å². The molecule has 1 aromatic carbocycles. The van der Waals surface area contributed by atoms with Gasteiger partial charge in [0.05, 0.1) is 5.01 Å². The van der Waals surface area contributed by atoms with Gasteiger partial charge in [0.25, 0.3) is 5.91 Å². The first-order chi connectivity index (χ1) is 11.2. The fourth-order valence-electron chi connectivity index (χ4n) is 2.61. The lowest BCUT2D eigenvalue weighted by atomic mass is 10.3. The van der Waals surface area contributed by atoms with Crippen molar-refractivity contribution in [2.24, 2.45) is 0 Å². The van der Waals surface area contributed by atoms with Crippen LogP contribution >= 0.6 is 23.1 Å². The lowest BCUT2D eigenvalue weighted by molar-refractivity contribution is 0.0639. The van der Waals surface area contributed by atoms with Gasteiger partial charge < -0.3 is 4.90 Å². The van der Waals surface area contributed by atoms with E-state index in [1.54, 1.807) is 0 Å². The summed E-state index contributed by atoms with van der Waals surface area (Å²) in [5.74, 6) is 1.16. The van der Waals surface area contributed by atoms with Gasteiger partial charge in [0.2, 0.25) is 0 Å². The minimum atomic E-state index is 0.0765. The molecule has 0 N–H and O–H groups in total. The predicted octanol–water partition coefficient (Wildman–Crippen LogP) is 3.00. The van der Waals surface area contributed by atoms with E-state index in [2.05, 4.69) is 34.1 Å². The van der Waals surface area contributed by atoms with Gasteiger partial charge in [-0.3, -0.25) is 9.69 Å². The molecule has 0 saturated carbocycles. The van der Waals surface area contributed by atoms with Crippen molar-refractivity contribution in [3.05, 3.63) is 46.4 Å². The van der Waals surface area contributed by atoms with Crippen LogP contribution in [0, 0.1) is 6.92 Å². The first-order valence-corrected chi connectivity index (χ1v) is 9.70. The smallest absolute Gasteiger partial charge is 0.273 e. The van der Waals surface area contributed by atoms with E-state index in [1.807, 2.05) is 35.0 Å². The lowest BCUT2D eigenvalue weighted by Gasteiger charge is -2.34. The first-order valence-electron chi connectivity index (χ1n) is 7.84. The zero-order chi connectivity index (χ0) is 16.1. The molecule has 1 fully saturated rings. The van der Waals surface area contributed by atoms with Crippen LogP contribution in [0.15, 0.2) is 40.6 Å². The van der Waals surface area contributed by atoms with Crippen LogP contribution in [0.3, 0.4) is 0 Å². The van der Waals surface area contributed by atoms with Crippen LogP contribution in [0.5, 0.6) is 0 Å². The largest absolute Gasteiger partial charge is 0.335 e. The molecule has 6 heteroatoms. The Kier molecular flexibility index (Phi) is 5.70. The van der Waals surface area contributed by atoms with E-state index in [4.69, 9.17) is 0 Å². The van der Waals surface area contributed by atoms with Crippen molar-refractivity contribution in [2.45, 2.75) is 11.8 Å². The molecule has 122 valence electrons. The molecule has 1 amide bonds. The Morgan fingerprint density at radius 1 is 1.22 bits per heavy atom. The van der Waals surface area contributed by atoms with Gasteiger partial charge in [0, 0.05) is 48.8 Å². The molecule has 3 rings (SSSR count). The lowest BCUT2D eigenvalue weighted by Crippen LogP contribution is -2.49. The molecule has 2 heterocycles. The van der Waals surface area contributed by atoms with Crippen molar-refractivity contribution >= 4 is 29.0 Å². The summed E-state index contributed by atoms with van der Waals surface area (Å²) < 4.78 is 0. The van der Waals surface area contributed by atoms with E-state index in [9.17, 15) is 4.79 Å². The maximum absolute atomic E-state index is 12.4. The van der Waals surface area contributed by atoms with Gasteiger partial charge in [-0.05, 0) is 19.1 Å². The van der Waals surface area contributed by atoms with Crippen LogP contribution in [-0.4, -0.2) is 59.2 Å². The number of aromatic nitrogens is 1. The summed E-state index contributed by atoms with van der Waals surface area (Å²) >= 11 is 3.42. The summed E-state index contributed by atoms with van der Waals surface area (Å²) in [4.78, 5) is 22.3. The van der Waals surface area contributed by atoms with Gasteiger partial charge >= 0.3 is 0 Å². The fourth-order valence-corrected chi connectivity index (χ4v) is 4.13. The topological polar surface area (TPSA) is 36.4 Å². The molecule has 23 heavy (non-hydrogen) atoms. The second-order valence-electron chi connectivity index (χ2n) is 5.55. The number of hydrogen-bond acceptors (Lipinski definition) is 5. The number of benzene rings is 1. The molecule has 1 aliphatic heterocycles. The normalized spacial score (nSPS) is 15.8. The predicted molar refractivity (Wildman–Crippen MR) is 96.4 cm³/mol. The first kappa shape index (κ1) is 16.5. The highest BCUT2D eigenvalue weighted by Crippen LogP contribution is 2.17. The molecule has 0 atom stereocenters. The Labute approximate surface area is 145 Å². The molecule has 1 saturated heterocycles. The number of carbonyl (C=O) groups is 1. The summed E-state index contributed by atoms with van der Waals surface area (Å²) in [5, 5.41) is 2.81. The highest BCUT2D eigenvalue weighted by Gasteiger charge is 2.23. The second kappa shape index (κ2) is 7.95.